The van der Waals surface area contributed by atoms with E-state index in [0.717, 1.165) is 0 Å². The van der Waals surface area contributed by atoms with Crippen LogP contribution in [0.15, 0.2) is 29.3 Å². The van der Waals surface area contributed by atoms with Crippen LogP contribution in [0.25, 0.3) is 0 Å². The van der Waals surface area contributed by atoms with Gasteiger partial charge in [-0.2, -0.15) is 5.10 Å². The molecule has 0 spiro atoms. The van der Waals surface area contributed by atoms with Crippen molar-refractivity contribution < 1.29 is 8.42 Å². The second-order valence-electron chi connectivity index (χ2n) is 3.75. The van der Waals surface area contributed by atoms with Gasteiger partial charge in [0.25, 0.3) is 10.0 Å². The Bertz CT molecular complexity index is 708. The summed E-state index contributed by atoms with van der Waals surface area (Å²) in [6, 6.07) is 4.02. The first-order valence-electron chi connectivity index (χ1n) is 5.06. The number of rotatable bonds is 3. The van der Waals surface area contributed by atoms with Crippen molar-refractivity contribution in [3.05, 3.63) is 34.4 Å². The summed E-state index contributed by atoms with van der Waals surface area (Å²) in [7, 11) is -2.23. The van der Waals surface area contributed by atoms with Crippen LogP contribution in [-0.2, 0) is 17.1 Å². The zero-order chi connectivity index (χ0) is 14.2. The third-order valence-electron chi connectivity index (χ3n) is 2.40. The van der Waals surface area contributed by atoms with Gasteiger partial charge < -0.3 is 5.73 Å². The number of nitrogens with two attached hydrogens (primary N) is 1. The summed E-state index contributed by atoms with van der Waals surface area (Å²) >= 11 is 11.5. The maximum atomic E-state index is 12.2. The van der Waals surface area contributed by atoms with Crippen molar-refractivity contribution in [1.82, 2.24) is 9.78 Å². The van der Waals surface area contributed by atoms with Crippen LogP contribution in [-0.4, -0.2) is 18.2 Å². The fourth-order valence-electron chi connectivity index (χ4n) is 1.41. The van der Waals surface area contributed by atoms with Crippen molar-refractivity contribution in [1.29, 1.82) is 0 Å². The largest absolute Gasteiger partial charge is 0.394 e. The third kappa shape index (κ3) is 2.78. The molecule has 1 aromatic carbocycles. The van der Waals surface area contributed by atoms with Crippen molar-refractivity contribution in [2.75, 3.05) is 10.5 Å². The van der Waals surface area contributed by atoms with Gasteiger partial charge in [-0.25, -0.2) is 8.42 Å². The number of aromatic nitrogens is 2. The lowest BCUT2D eigenvalue weighted by Gasteiger charge is -2.09. The normalized spacial score (nSPS) is 11.5. The number of halogens is 2. The number of sulfonamides is 1. The minimum absolute atomic E-state index is 0.0116. The average Bonchev–Trinajstić information content (AvgIpc) is 2.64. The second kappa shape index (κ2) is 4.92. The highest BCUT2D eigenvalue weighted by molar-refractivity contribution is 7.92. The van der Waals surface area contributed by atoms with Gasteiger partial charge in [0.05, 0.1) is 26.8 Å². The molecule has 102 valence electrons. The van der Waals surface area contributed by atoms with E-state index in [4.69, 9.17) is 28.9 Å². The predicted octanol–water partition coefficient (Wildman–Crippen LogP) is 2.11. The number of anilines is 2. The molecule has 1 aromatic heterocycles. The van der Waals surface area contributed by atoms with E-state index < -0.39 is 10.0 Å². The van der Waals surface area contributed by atoms with Crippen molar-refractivity contribution in [2.45, 2.75) is 4.90 Å². The highest BCUT2D eigenvalue weighted by Crippen LogP contribution is 2.27. The Kier molecular flexibility index (Phi) is 3.62. The van der Waals surface area contributed by atoms with E-state index in [1.807, 2.05) is 0 Å². The smallest absolute Gasteiger partial charge is 0.263 e. The Balaban J connectivity index is 2.41. The van der Waals surface area contributed by atoms with E-state index in [1.165, 1.54) is 29.1 Å². The zero-order valence-corrected chi connectivity index (χ0v) is 12.1. The molecule has 0 amide bonds. The van der Waals surface area contributed by atoms with Crippen molar-refractivity contribution >= 4 is 44.7 Å². The fourth-order valence-corrected chi connectivity index (χ4v) is 2.92. The molecular weight excluding hydrogens is 311 g/mol. The molecule has 0 atom stereocenters. The van der Waals surface area contributed by atoms with Crippen LogP contribution in [0.1, 0.15) is 0 Å². The lowest BCUT2D eigenvalue weighted by Crippen LogP contribution is -2.16. The van der Waals surface area contributed by atoms with Gasteiger partial charge in [-0.05, 0) is 18.2 Å². The van der Waals surface area contributed by atoms with Crippen molar-refractivity contribution in [3.63, 3.8) is 0 Å². The standard InChI is InChI=1S/C10H10Cl2N4O2S/c1-16-10(9(13)5-14-16)15-19(17,18)6-2-3-7(11)8(12)4-6/h2-5,15H,13H2,1H3. The summed E-state index contributed by atoms with van der Waals surface area (Å²) in [5.41, 5.74) is 5.85. The molecule has 0 saturated carbocycles. The number of aryl methyl sites for hydroxylation is 1. The number of benzene rings is 1. The van der Waals surface area contributed by atoms with Crippen LogP contribution >= 0.6 is 23.2 Å². The molecule has 3 N–H and O–H groups in total. The molecule has 0 aliphatic carbocycles. The Morgan fingerprint density at radius 2 is 2.00 bits per heavy atom. The van der Waals surface area contributed by atoms with Crippen LogP contribution in [0.4, 0.5) is 11.5 Å². The summed E-state index contributed by atoms with van der Waals surface area (Å²) in [5.74, 6) is 0.186. The molecule has 0 bridgehead atoms. The van der Waals surface area contributed by atoms with Crippen LogP contribution < -0.4 is 10.5 Å². The molecule has 0 unspecified atom stereocenters. The van der Waals surface area contributed by atoms with Crippen LogP contribution in [0.2, 0.25) is 10.0 Å². The molecule has 0 aliphatic rings. The van der Waals surface area contributed by atoms with E-state index in [-0.39, 0.29) is 26.4 Å². The fraction of sp³-hybridized carbons (Fsp3) is 0.100. The van der Waals surface area contributed by atoms with Crippen LogP contribution in [0.5, 0.6) is 0 Å². The molecule has 0 fully saturated rings. The maximum Gasteiger partial charge on any atom is 0.263 e. The lowest BCUT2D eigenvalue weighted by atomic mass is 10.4. The quantitative estimate of drug-likeness (QED) is 0.906. The number of hydrogen-bond donors (Lipinski definition) is 2. The molecule has 2 aromatic rings. The number of nitrogen functional groups attached to an aromatic ring is 1. The lowest BCUT2D eigenvalue weighted by molar-refractivity contribution is 0.600. The molecule has 0 radical (unpaired) electrons. The minimum Gasteiger partial charge on any atom is -0.394 e. The topological polar surface area (TPSA) is 90.0 Å². The van der Waals surface area contributed by atoms with E-state index in [2.05, 4.69) is 9.82 Å². The SMILES string of the molecule is Cn1ncc(N)c1NS(=O)(=O)c1ccc(Cl)c(Cl)c1. The Morgan fingerprint density at radius 3 is 2.53 bits per heavy atom. The van der Waals surface area contributed by atoms with E-state index >= 15 is 0 Å². The van der Waals surface area contributed by atoms with E-state index in [1.54, 1.807) is 7.05 Å². The molecule has 19 heavy (non-hydrogen) atoms. The van der Waals surface area contributed by atoms with E-state index in [0.29, 0.717) is 0 Å². The molecule has 0 aliphatic heterocycles. The molecular formula is C10H10Cl2N4O2S. The van der Waals surface area contributed by atoms with Gasteiger partial charge >= 0.3 is 0 Å². The van der Waals surface area contributed by atoms with Crippen molar-refractivity contribution in [3.8, 4) is 0 Å². The van der Waals surface area contributed by atoms with Crippen molar-refractivity contribution in [2.24, 2.45) is 7.05 Å². The minimum atomic E-state index is -3.80. The highest BCUT2D eigenvalue weighted by atomic mass is 35.5. The zero-order valence-electron chi connectivity index (χ0n) is 9.76. The molecule has 9 heteroatoms. The maximum absolute atomic E-state index is 12.2. The van der Waals surface area contributed by atoms with Crippen LogP contribution in [0, 0.1) is 0 Å². The Hall–Kier alpha value is -1.44. The molecule has 6 nitrogen and oxygen atoms in total. The number of nitrogens with zero attached hydrogens (tertiary/aromatic N) is 2. The van der Waals surface area contributed by atoms with Gasteiger partial charge in [-0.1, -0.05) is 23.2 Å². The third-order valence-corrected chi connectivity index (χ3v) is 4.48. The highest BCUT2D eigenvalue weighted by Gasteiger charge is 2.18. The molecule has 2 rings (SSSR count). The monoisotopic (exact) mass is 320 g/mol. The first-order valence-corrected chi connectivity index (χ1v) is 7.30. The number of hydrogen-bond acceptors (Lipinski definition) is 4. The van der Waals surface area contributed by atoms with Gasteiger partial charge in [-0.15, -0.1) is 0 Å². The van der Waals surface area contributed by atoms with Crippen LogP contribution in [0.3, 0.4) is 0 Å². The Labute approximate surface area is 120 Å². The van der Waals surface area contributed by atoms with Gasteiger partial charge in [0.2, 0.25) is 0 Å². The summed E-state index contributed by atoms with van der Waals surface area (Å²) in [6.45, 7) is 0. The van der Waals surface area contributed by atoms with Gasteiger partial charge in [0.1, 0.15) is 0 Å². The first-order chi connectivity index (χ1) is 8.81. The molecule has 0 saturated heterocycles. The van der Waals surface area contributed by atoms with E-state index in [9.17, 15) is 8.42 Å². The van der Waals surface area contributed by atoms with Gasteiger partial charge in [0, 0.05) is 7.05 Å². The summed E-state index contributed by atoms with van der Waals surface area (Å²) < 4.78 is 28.0. The average molecular weight is 321 g/mol. The van der Waals surface area contributed by atoms with Gasteiger partial charge in [-0.3, -0.25) is 9.40 Å². The second-order valence-corrected chi connectivity index (χ2v) is 6.25. The predicted molar refractivity (Wildman–Crippen MR) is 74.9 cm³/mol. The molecule has 1 heterocycles. The number of nitrogens with one attached hydrogen (secondary N) is 1. The van der Waals surface area contributed by atoms with Gasteiger partial charge in [0.15, 0.2) is 5.82 Å². The first kappa shape index (κ1) is 14.0. The summed E-state index contributed by atoms with van der Waals surface area (Å²) in [5, 5.41) is 4.28. The summed E-state index contributed by atoms with van der Waals surface area (Å²) in [4.78, 5) is -0.0116. The summed E-state index contributed by atoms with van der Waals surface area (Å²) in [6.07, 6.45) is 1.35. The Morgan fingerprint density at radius 1 is 1.32 bits per heavy atom.